The molecule has 0 spiro atoms. The Morgan fingerprint density at radius 1 is 0.714 bits per heavy atom. The van der Waals surface area contributed by atoms with Crippen LogP contribution < -0.4 is 0 Å². The molecule has 0 saturated heterocycles. The highest BCUT2D eigenvalue weighted by atomic mass is 16.4. The van der Waals surface area contributed by atoms with Crippen molar-refractivity contribution in [3.05, 3.63) is 0 Å². The van der Waals surface area contributed by atoms with Crippen LogP contribution in [0.1, 0.15) is 130 Å². The van der Waals surface area contributed by atoms with Gasteiger partial charge < -0.3 is 10.2 Å². The van der Waals surface area contributed by atoms with Crippen molar-refractivity contribution in [1.29, 1.82) is 0 Å². The predicted octanol–water partition coefficient (Wildman–Crippen LogP) is 7.45. The van der Waals surface area contributed by atoms with Gasteiger partial charge in [0, 0.05) is 6.42 Å². The first kappa shape index (κ1) is 26.9. The SMILES string of the molecule is CCCCCCCCC(CCCCCCCC(C)C)(CCCC(=O)O)C(=O)O. The number of hydrogen-bond acceptors (Lipinski definition) is 2. The van der Waals surface area contributed by atoms with Gasteiger partial charge in [0.15, 0.2) is 0 Å². The van der Waals surface area contributed by atoms with Gasteiger partial charge in [0.25, 0.3) is 0 Å². The molecule has 0 aromatic carbocycles. The fourth-order valence-corrected chi connectivity index (χ4v) is 4.06. The zero-order valence-electron chi connectivity index (χ0n) is 18.8. The van der Waals surface area contributed by atoms with Gasteiger partial charge in [0.1, 0.15) is 0 Å². The van der Waals surface area contributed by atoms with E-state index in [0.29, 0.717) is 25.7 Å². The Morgan fingerprint density at radius 3 is 1.64 bits per heavy atom. The molecule has 0 aromatic heterocycles. The highest BCUT2D eigenvalue weighted by Crippen LogP contribution is 2.37. The summed E-state index contributed by atoms with van der Waals surface area (Å²) >= 11 is 0. The molecule has 28 heavy (non-hydrogen) atoms. The number of unbranched alkanes of at least 4 members (excludes halogenated alkanes) is 9. The second-order valence-corrected chi connectivity index (χ2v) is 9.05. The van der Waals surface area contributed by atoms with E-state index in [1.165, 1.54) is 51.4 Å². The lowest BCUT2D eigenvalue weighted by atomic mass is 9.74. The number of carboxylic acids is 2. The topological polar surface area (TPSA) is 74.6 Å². The molecular formula is C24H46O4. The summed E-state index contributed by atoms with van der Waals surface area (Å²) in [5, 5.41) is 18.9. The molecule has 0 saturated carbocycles. The van der Waals surface area contributed by atoms with E-state index in [1.807, 2.05) is 0 Å². The predicted molar refractivity (Wildman–Crippen MR) is 117 cm³/mol. The molecule has 2 N–H and O–H groups in total. The minimum atomic E-state index is -0.830. The van der Waals surface area contributed by atoms with E-state index in [0.717, 1.165) is 31.6 Å². The van der Waals surface area contributed by atoms with Crippen molar-refractivity contribution < 1.29 is 19.8 Å². The van der Waals surface area contributed by atoms with Crippen LogP contribution in [0, 0.1) is 11.3 Å². The van der Waals surface area contributed by atoms with Crippen molar-refractivity contribution in [2.45, 2.75) is 130 Å². The first-order valence-corrected chi connectivity index (χ1v) is 11.8. The zero-order chi connectivity index (χ0) is 21.3. The summed E-state index contributed by atoms with van der Waals surface area (Å²) in [6.07, 6.45) is 16.3. The number of hydrogen-bond donors (Lipinski definition) is 2. The lowest BCUT2D eigenvalue weighted by molar-refractivity contribution is -0.151. The zero-order valence-corrected chi connectivity index (χ0v) is 18.8. The van der Waals surface area contributed by atoms with Crippen LogP contribution in [0.25, 0.3) is 0 Å². The lowest BCUT2D eigenvalue weighted by Crippen LogP contribution is -2.31. The molecule has 1 unspecified atom stereocenters. The maximum absolute atomic E-state index is 12.2. The summed E-state index contributed by atoms with van der Waals surface area (Å²) in [6.45, 7) is 6.70. The van der Waals surface area contributed by atoms with Gasteiger partial charge in [-0.2, -0.15) is 0 Å². The third-order valence-corrected chi connectivity index (χ3v) is 5.95. The van der Waals surface area contributed by atoms with Gasteiger partial charge in [-0.05, 0) is 31.6 Å². The number of aliphatic carboxylic acids is 2. The quantitative estimate of drug-likeness (QED) is 0.209. The molecule has 0 amide bonds. The number of carboxylic acid groups (broad SMARTS) is 2. The Morgan fingerprint density at radius 2 is 1.18 bits per heavy atom. The molecule has 0 radical (unpaired) electrons. The summed E-state index contributed by atoms with van der Waals surface area (Å²) in [5.74, 6) is -0.790. The first-order valence-electron chi connectivity index (χ1n) is 11.8. The van der Waals surface area contributed by atoms with Crippen molar-refractivity contribution in [3.8, 4) is 0 Å². The van der Waals surface area contributed by atoms with Crippen molar-refractivity contribution in [1.82, 2.24) is 0 Å². The summed E-state index contributed by atoms with van der Waals surface area (Å²) in [4.78, 5) is 23.0. The minimum Gasteiger partial charge on any atom is -0.481 e. The van der Waals surface area contributed by atoms with Crippen LogP contribution in [0.15, 0.2) is 0 Å². The Labute approximate surface area is 173 Å². The first-order chi connectivity index (χ1) is 13.3. The average Bonchev–Trinajstić information content (AvgIpc) is 2.62. The van der Waals surface area contributed by atoms with Gasteiger partial charge in [-0.25, -0.2) is 0 Å². The second-order valence-electron chi connectivity index (χ2n) is 9.05. The molecule has 0 fully saturated rings. The molecule has 0 heterocycles. The van der Waals surface area contributed by atoms with Crippen molar-refractivity contribution in [2.24, 2.45) is 11.3 Å². The summed E-state index contributed by atoms with van der Waals surface area (Å²) in [5.41, 5.74) is -0.724. The maximum Gasteiger partial charge on any atom is 0.309 e. The van der Waals surface area contributed by atoms with Crippen LogP contribution in [0.4, 0.5) is 0 Å². The van der Waals surface area contributed by atoms with Crippen molar-refractivity contribution in [3.63, 3.8) is 0 Å². The molecular weight excluding hydrogens is 352 g/mol. The van der Waals surface area contributed by atoms with E-state index in [1.54, 1.807) is 0 Å². The molecule has 4 heteroatoms. The van der Waals surface area contributed by atoms with Crippen LogP contribution in [-0.2, 0) is 9.59 Å². The van der Waals surface area contributed by atoms with Gasteiger partial charge >= 0.3 is 11.9 Å². The van der Waals surface area contributed by atoms with Gasteiger partial charge in [-0.3, -0.25) is 9.59 Å². The van der Waals surface area contributed by atoms with Crippen LogP contribution >= 0.6 is 0 Å². The van der Waals surface area contributed by atoms with Gasteiger partial charge in [-0.15, -0.1) is 0 Å². The van der Waals surface area contributed by atoms with Gasteiger partial charge in [-0.1, -0.05) is 97.8 Å². The van der Waals surface area contributed by atoms with Crippen LogP contribution in [0.2, 0.25) is 0 Å². The molecule has 1 atom stereocenters. The number of rotatable bonds is 20. The van der Waals surface area contributed by atoms with Crippen LogP contribution in [0.3, 0.4) is 0 Å². The van der Waals surface area contributed by atoms with Gasteiger partial charge in [0.05, 0.1) is 5.41 Å². The molecule has 0 aromatic rings. The Balaban J connectivity index is 4.48. The molecule has 4 nitrogen and oxygen atoms in total. The van der Waals surface area contributed by atoms with E-state index in [4.69, 9.17) is 5.11 Å². The summed E-state index contributed by atoms with van der Waals surface area (Å²) < 4.78 is 0. The molecule has 0 aliphatic rings. The lowest BCUT2D eigenvalue weighted by Gasteiger charge is -2.30. The molecule has 0 bridgehead atoms. The fraction of sp³-hybridized carbons (Fsp3) is 0.917. The highest BCUT2D eigenvalue weighted by Gasteiger charge is 2.36. The van der Waals surface area contributed by atoms with Crippen molar-refractivity contribution >= 4 is 11.9 Å². The van der Waals surface area contributed by atoms with Crippen LogP contribution in [0.5, 0.6) is 0 Å². The number of carbonyl (C=O) groups is 2. The van der Waals surface area contributed by atoms with E-state index >= 15 is 0 Å². The second kappa shape index (κ2) is 16.9. The van der Waals surface area contributed by atoms with Gasteiger partial charge in [0.2, 0.25) is 0 Å². The van der Waals surface area contributed by atoms with Crippen LogP contribution in [-0.4, -0.2) is 22.2 Å². The molecule has 0 aliphatic carbocycles. The van der Waals surface area contributed by atoms with Crippen molar-refractivity contribution in [2.75, 3.05) is 0 Å². The highest BCUT2D eigenvalue weighted by molar-refractivity contribution is 5.74. The minimum absolute atomic E-state index is 0.0702. The van der Waals surface area contributed by atoms with E-state index in [9.17, 15) is 14.7 Å². The summed E-state index contributed by atoms with van der Waals surface area (Å²) in [6, 6.07) is 0. The third kappa shape index (κ3) is 14.0. The standard InChI is InChI=1S/C24H46O4/c1-4-5-6-7-10-13-18-24(23(27)28,20-15-17-22(25)26)19-14-11-8-9-12-16-21(2)3/h21H,4-20H2,1-3H3,(H,25,26)(H,27,28). The molecule has 166 valence electrons. The Hall–Kier alpha value is -1.06. The third-order valence-electron chi connectivity index (χ3n) is 5.95. The summed E-state index contributed by atoms with van der Waals surface area (Å²) in [7, 11) is 0. The molecule has 0 aliphatic heterocycles. The Kier molecular flexibility index (Phi) is 16.2. The largest absolute Gasteiger partial charge is 0.481 e. The monoisotopic (exact) mass is 398 g/mol. The molecule has 0 rings (SSSR count). The normalized spacial score (nSPS) is 13.6. The smallest absolute Gasteiger partial charge is 0.309 e. The van der Waals surface area contributed by atoms with E-state index in [2.05, 4.69) is 20.8 Å². The average molecular weight is 399 g/mol. The van der Waals surface area contributed by atoms with E-state index in [-0.39, 0.29) is 6.42 Å². The van der Waals surface area contributed by atoms with E-state index < -0.39 is 17.4 Å². The fourth-order valence-electron chi connectivity index (χ4n) is 4.06. The maximum atomic E-state index is 12.2. The Bertz CT molecular complexity index is 405.